The second-order valence-corrected chi connectivity index (χ2v) is 10.8. The summed E-state index contributed by atoms with van der Waals surface area (Å²) in [6.45, 7) is 9.87. The Morgan fingerprint density at radius 3 is 2.41 bits per heavy atom. The molecule has 44 heavy (non-hydrogen) atoms. The lowest BCUT2D eigenvalue weighted by Gasteiger charge is -2.34. The molecule has 15 heteroatoms. The fourth-order valence-corrected chi connectivity index (χ4v) is 4.59. The lowest BCUT2D eigenvalue weighted by molar-refractivity contribution is -0.192. The van der Waals surface area contributed by atoms with E-state index in [0.29, 0.717) is 49.1 Å². The van der Waals surface area contributed by atoms with Crippen LogP contribution in [0.4, 0.5) is 18.9 Å². The van der Waals surface area contributed by atoms with Gasteiger partial charge in [-0.3, -0.25) is 15.0 Å². The van der Waals surface area contributed by atoms with Crippen molar-refractivity contribution >= 4 is 29.2 Å². The summed E-state index contributed by atoms with van der Waals surface area (Å²) in [5.74, 6) is -2.18. The van der Waals surface area contributed by atoms with Crippen molar-refractivity contribution in [2.75, 3.05) is 44.8 Å². The minimum atomic E-state index is -5.08. The van der Waals surface area contributed by atoms with Crippen LogP contribution in [0.3, 0.4) is 0 Å². The lowest BCUT2D eigenvalue weighted by atomic mass is 9.84. The molecule has 1 aromatic heterocycles. The molecular weight excluding hydrogens is 585 g/mol. The molecule has 0 saturated heterocycles. The zero-order chi connectivity index (χ0) is 33.0. The number of aromatic nitrogens is 1. The van der Waals surface area contributed by atoms with E-state index in [9.17, 15) is 28.0 Å². The van der Waals surface area contributed by atoms with Gasteiger partial charge in [0, 0.05) is 30.3 Å². The molecule has 0 spiro atoms. The topological polar surface area (TPSA) is 169 Å². The molecule has 4 rings (SSSR count). The Balaban J connectivity index is 0.000000676. The maximum absolute atomic E-state index is 13.5. The molecule has 0 atom stereocenters. The zero-order valence-electron chi connectivity index (χ0n) is 24.9. The van der Waals surface area contributed by atoms with Crippen LogP contribution in [0.5, 0.6) is 11.5 Å². The number of amides is 1. The molecule has 2 aliphatic heterocycles. The van der Waals surface area contributed by atoms with E-state index in [1.165, 1.54) is 7.05 Å². The SMILES string of the molecule is CCOc1cc2c(nc1C(=O)NC)C(=N)N(CC(=O)c1cc3c(c(C(C)(C)C)c1)OCCN3CC#N)C2.O=C(O)C(F)(F)F. The van der Waals surface area contributed by atoms with Crippen LogP contribution in [0, 0.1) is 16.7 Å². The van der Waals surface area contributed by atoms with Crippen LogP contribution in [0.1, 0.15) is 65.4 Å². The molecule has 0 unspecified atom stereocenters. The first-order valence-corrected chi connectivity index (χ1v) is 13.5. The summed E-state index contributed by atoms with van der Waals surface area (Å²) in [5, 5.41) is 27.7. The number of carbonyl (C=O) groups is 3. The van der Waals surface area contributed by atoms with E-state index in [-0.39, 0.29) is 35.8 Å². The van der Waals surface area contributed by atoms with Crippen molar-refractivity contribution < 1.29 is 42.1 Å². The highest BCUT2D eigenvalue weighted by Gasteiger charge is 2.38. The number of anilines is 1. The first-order valence-electron chi connectivity index (χ1n) is 13.5. The van der Waals surface area contributed by atoms with Gasteiger partial charge >= 0.3 is 12.1 Å². The van der Waals surface area contributed by atoms with Crippen molar-refractivity contribution in [1.29, 1.82) is 10.7 Å². The van der Waals surface area contributed by atoms with Crippen molar-refractivity contribution in [3.63, 3.8) is 0 Å². The fourth-order valence-electron chi connectivity index (χ4n) is 4.59. The number of carbonyl (C=O) groups excluding carboxylic acids is 2. The average molecular weight is 619 g/mol. The molecule has 1 amide bonds. The number of nitrogens with zero attached hydrogens (tertiary/aromatic N) is 4. The first kappa shape index (κ1) is 33.6. The van der Waals surface area contributed by atoms with Gasteiger partial charge in [0.05, 0.1) is 31.5 Å². The Hall–Kier alpha value is -4.87. The molecule has 2 aliphatic rings. The maximum atomic E-state index is 13.5. The normalized spacial score (nSPS) is 13.9. The number of amidine groups is 1. The molecule has 3 N–H and O–H groups in total. The van der Waals surface area contributed by atoms with Gasteiger partial charge in [0.15, 0.2) is 17.2 Å². The number of rotatable bonds is 7. The number of benzene rings is 1. The van der Waals surface area contributed by atoms with E-state index in [4.69, 9.17) is 24.8 Å². The molecule has 0 bridgehead atoms. The number of carboxylic acid groups (broad SMARTS) is 1. The van der Waals surface area contributed by atoms with Gasteiger partial charge in [-0.1, -0.05) is 20.8 Å². The highest BCUT2D eigenvalue weighted by atomic mass is 19.4. The van der Waals surface area contributed by atoms with E-state index < -0.39 is 18.1 Å². The Morgan fingerprint density at radius 1 is 1.20 bits per heavy atom. The largest absolute Gasteiger partial charge is 0.491 e. The summed E-state index contributed by atoms with van der Waals surface area (Å²) < 4.78 is 43.3. The minimum absolute atomic E-state index is 0.0318. The summed E-state index contributed by atoms with van der Waals surface area (Å²) in [6.07, 6.45) is -5.08. The summed E-state index contributed by atoms with van der Waals surface area (Å²) >= 11 is 0. The summed E-state index contributed by atoms with van der Waals surface area (Å²) in [4.78, 5) is 42.8. The first-order chi connectivity index (χ1) is 20.5. The number of halogens is 3. The fraction of sp³-hybridized carbons (Fsp3) is 0.448. The molecule has 2 aromatic rings. The van der Waals surface area contributed by atoms with Crippen molar-refractivity contribution in [3.05, 3.63) is 46.3 Å². The van der Waals surface area contributed by atoms with E-state index in [2.05, 4.69) is 37.1 Å². The van der Waals surface area contributed by atoms with Crippen LogP contribution < -0.4 is 19.7 Å². The second-order valence-electron chi connectivity index (χ2n) is 10.8. The van der Waals surface area contributed by atoms with E-state index >= 15 is 0 Å². The molecule has 3 heterocycles. The number of nitrogens with one attached hydrogen (secondary N) is 2. The second kappa shape index (κ2) is 13.2. The average Bonchev–Trinajstić information content (AvgIpc) is 3.25. The van der Waals surface area contributed by atoms with Crippen molar-refractivity contribution in [2.24, 2.45) is 0 Å². The lowest BCUT2D eigenvalue weighted by Crippen LogP contribution is -2.35. The van der Waals surface area contributed by atoms with Gasteiger partial charge in [-0.15, -0.1) is 0 Å². The highest BCUT2D eigenvalue weighted by molar-refractivity contribution is 6.06. The molecule has 0 aliphatic carbocycles. The molecule has 12 nitrogen and oxygen atoms in total. The Bertz CT molecular complexity index is 1510. The third-order valence-corrected chi connectivity index (χ3v) is 6.70. The van der Waals surface area contributed by atoms with Gasteiger partial charge < -0.3 is 29.7 Å². The van der Waals surface area contributed by atoms with Crippen molar-refractivity contribution in [2.45, 2.75) is 45.8 Å². The van der Waals surface area contributed by atoms with Gasteiger partial charge in [-0.25, -0.2) is 9.78 Å². The predicted octanol–water partition coefficient (Wildman–Crippen LogP) is 3.52. The smallest absolute Gasteiger partial charge is 0.490 e. The Kier molecular flexibility index (Phi) is 10.1. The quantitative estimate of drug-likeness (QED) is 0.308. The number of Topliss-reactive ketones (excluding diaryl/α,β-unsaturated/α-hetero) is 1. The molecule has 0 saturated carbocycles. The number of ether oxygens (including phenoxy) is 2. The molecule has 236 valence electrons. The van der Waals surface area contributed by atoms with Crippen LogP contribution >= 0.6 is 0 Å². The van der Waals surface area contributed by atoms with Gasteiger partial charge in [0.25, 0.3) is 5.91 Å². The minimum Gasteiger partial charge on any atom is -0.491 e. The third kappa shape index (κ3) is 7.36. The van der Waals surface area contributed by atoms with Gasteiger partial charge in [0.2, 0.25) is 0 Å². The van der Waals surface area contributed by atoms with E-state index in [0.717, 1.165) is 16.8 Å². The van der Waals surface area contributed by atoms with Gasteiger partial charge in [-0.2, -0.15) is 18.4 Å². The zero-order valence-corrected chi connectivity index (χ0v) is 24.9. The summed E-state index contributed by atoms with van der Waals surface area (Å²) in [7, 11) is 1.51. The van der Waals surface area contributed by atoms with Crippen LogP contribution in [0.2, 0.25) is 0 Å². The number of alkyl halides is 3. The number of pyridine rings is 1. The van der Waals surface area contributed by atoms with Crippen molar-refractivity contribution in [3.8, 4) is 17.6 Å². The summed E-state index contributed by atoms with van der Waals surface area (Å²) in [5.41, 5.74) is 3.05. The van der Waals surface area contributed by atoms with E-state index in [1.54, 1.807) is 17.0 Å². The monoisotopic (exact) mass is 618 g/mol. The number of aliphatic carboxylic acids is 1. The molecule has 1 aromatic carbocycles. The van der Waals surface area contributed by atoms with Gasteiger partial charge in [-0.05, 0) is 30.5 Å². The number of hydrogen-bond acceptors (Lipinski definition) is 9. The van der Waals surface area contributed by atoms with Crippen LogP contribution in [-0.2, 0) is 16.8 Å². The van der Waals surface area contributed by atoms with E-state index in [1.807, 2.05) is 17.9 Å². The third-order valence-electron chi connectivity index (χ3n) is 6.70. The number of ketones is 1. The Morgan fingerprint density at radius 2 is 1.86 bits per heavy atom. The predicted molar refractivity (Wildman–Crippen MR) is 153 cm³/mol. The van der Waals surface area contributed by atoms with Crippen LogP contribution in [-0.4, -0.2) is 84.6 Å². The highest BCUT2D eigenvalue weighted by Crippen LogP contribution is 2.42. The Labute approximate surface area is 251 Å². The number of carboxylic acids is 1. The molecular formula is C29H33F3N6O6. The number of nitriles is 1. The number of fused-ring (bicyclic) bond motifs is 2. The maximum Gasteiger partial charge on any atom is 0.490 e. The van der Waals surface area contributed by atoms with Crippen LogP contribution in [0.25, 0.3) is 0 Å². The van der Waals surface area contributed by atoms with Crippen LogP contribution in [0.15, 0.2) is 18.2 Å². The number of hydrogen-bond donors (Lipinski definition) is 3. The summed E-state index contributed by atoms with van der Waals surface area (Å²) in [6, 6.07) is 7.56. The van der Waals surface area contributed by atoms with Crippen molar-refractivity contribution in [1.82, 2.24) is 15.2 Å². The molecule has 0 radical (unpaired) electrons. The standard InChI is InChI=1S/C27H32N6O4.C2HF3O2/c1-6-36-21-13-17-14-33(25(29)22(17)31-23(21)26(35)30-5)15-20(34)16-11-18(27(2,3)4)24-19(12-16)32(8-7-28)9-10-37-24;3-2(4,5)1(6)7/h11-13,29H,6,8-10,14-15H2,1-5H3,(H,30,35);(H,6,7). The molecule has 0 fully saturated rings. The van der Waals surface area contributed by atoms with Gasteiger partial charge in [0.1, 0.15) is 30.4 Å².